The molecule has 2 aromatic carbocycles. The standard InChI is InChI=1S/C17H17NO2/c1-11-4-5-12(2)16(8-11)20-17-9-14(10-18)6-7-15(17)13(3)19/h4-9,13,19H,1-3H3. The van der Waals surface area contributed by atoms with E-state index < -0.39 is 6.10 Å². The molecule has 0 bridgehead atoms. The van der Waals surface area contributed by atoms with Gasteiger partial charge in [-0.15, -0.1) is 0 Å². The van der Waals surface area contributed by atoms with E-state index in [1.54, 1.807) is 25.1 Å². The van der Waals surface area contributed by atoms with Gasteiger partial charge in [-0.1, -0.05) is 18.2 Å². The van der Waals surface area contributed by atoms with E-state index in [2.05, 4.69) is 6.07 Å². The number of hydrogen-bond donors (Lipinski definition) is 1. The molecular weight excluding hydrogens is 250 g/mol. The minimum atomic E-state index is -0.650. The molecule has 0 saturated heterocycles. The molecule has 2 rings (SSSR count). The highest BCUT2D eigenvalue weighted by atomic mass is 16.5. The molecule has 0 aromatic heterocycles. The van der Waals surface area contributed by atoms with Gasteiger partial charge in [0.15, 0.2) is 0 Å². The first kappa shape index (κ1) is 14.1. The number of nitrogens with zero attached hydrogens (tertiary/aromatic N) is 1. The summed E-state index contributed by atoms with van der Waals surface area (Å²) < 4.78 is 5.91. The highest BCUT2D eigenvalue weighted by molar-refractivity contribution is 5.47. The van der Waals surface area contributed by atoms with Crippen LogP contribution in [-0.4, -0.2) is 5.11 Å². The molecule has 0 heterocycles. The smallest absolute Gasteiger partial charge is 0.134 e. The molecule has 3 heteroatoms. The number of aliphatic hydroxyl groups is 1. The van der Waals surface area contributed by atoms with Gasteiger partial charge in [0, 0.05) is 5.56 Å². The zero-order valence-electron chi connectivity index (χ0n) is 11.8. The van der Waals surface area contributed by atoms with Gasteiger partial charge in [-0.2, -0.15) is 5.26 Å². The summed E-state index contributed by atoms with van der Waals surface area (Å²) in [5.74, 6) is 1.26. The van der Waals surface area contributed by atoms with Gasteiger partial charge in [0.2, 0.25) is 0 Å². The van der Waals surface area contributed by atoms with Crippen molar-refractivity contribution in [2.75, 3.05) is 0 Å². The molecule has 0 saturated carbocycles. The lowest BCUT2D eigenvalue weighted by molar-refractivity contribution is 0.195. The molecule has 1 atom stereocenters. The lowest BCUT2D eigenvalue weighted by Crippen LogP contribution is -1.98. The maximum Gasteiger partial charge on any atom is 0.134 e. The Morgan fingerprint density at radius 3 is 2.50 bits per heavy atom. The lowest BCUT2D eigenvalue weighted by Gasteiger charge is -2.15. The Bertz CT molecular complexity index is 669. The quantitative estimate of drug-likeness (QED) is 0.913. The molecule has 0 aliphatic rings. The molecule has 0 spiro atoms. The van der Waals surface area contributed by atoms with Gasteiger partial charge in [-0.25, -0.2) is 0 Å². The van der Waals surface area contributed by atoms with Gasteiger partial charge >= 0.3 is 0 Å². The van der Waals surface area contributed by atoms with E-state index >= 15 is 0 Å². The predicted molar refractivity (Wildman–Crippen MR) is 77.8 cm³/mol. The lowest BCUT2D eigenvalue weighted by atomic mass is 10.1. The van der Waals surface area contributed by atoms with Crippen molar-refractivity contribution in [1.29, 1.82) is 5.26 Å². The van der Waals surface area contributed by atoms with Crippen LogP contribution in [0, 0.1) is 25.2 Å². The molecule has 2 aromatic rings. The molecule has 1 unspecified atom stereocenters. The predicted octanol–water partition coefficient (Wildman–Crippen LogP) is 4.02. The number of hydrogen-bond acceptors (Lipinski definition) is 3. The summed E-state index contributed by atoms with van der Waals surface area (Å²) in [5, 5.41) is 18.8. The minimum absolute atomic E-state index is 0.509. The van der Waals surface area contributed by atoms with Crippen LogP contribution in [-0.2, 0) is 0 Å². The Kier molecular flexibility index (Phi) is 4.07. The van der Waals surface area contributed by atoms with Crippen molar-refractivity contribution < 1.29 is 9.84 Å². The molecule has 102 valence electrons. The summed E-state index contributed by atoms with van der Waals surface area (Å²) in [6, 6.07) is 13.1. The Morgan fingerprint density at radius 1 is 1.10 bits per heavy atom. The molecule has 0 aliphatic heterocycles. The third-order valence-electron chi connectivity index (χ3n) is 3.16. The van der Waals surface area contributed by atoms with Crippen molar-refractivity contribution in [1.82, 2.24) is 0 Å². The fourth-order valence-corrected chi connectivity index (χ4v) is 1.97. The Labute approximate surface area is 119 Å². The van der Waals surface area contributed by atoms with Crippen LogP contribution >= 0.6 is 0 Å². The molecule has 0 aliphatic carbocycles. The number of aliphatic hydroxyl groups excluding tert-OH is 1. The highest BCUT2D eigenvalue weighted by Crippen LogP contribution is 2.32. The van der Waals surface area contributed by atoms with E-state index in [1.165, 1.54) is 0 Å². The van der Waals surface area contributed by atoms with Crippen LogP contribution in [0.2, 0.25) is 0 Å². The van der Waals surface area contributed by atoms with Gasteiger partial charge in [0.05, 0.1) is 17.7 Å². The maximum absolute atomic E-state index is 9.81. The number of nitriles is 1. The van der Waals surface area contributed by atoms with Crippen molar-refractivity contribution in [3.8, 4) is 17.6 Å². The van der Waals surface area contributed by atoms with E-state index in [9.17, 15) is 5.11 Å². The molecule has 3 nitrogen and oxygen atoms in total. The van der Waals surface area contributed by atoms with Gasteiger partial charge < -0.3 is 9.84 Å². The minimum Gasteiger partial charge on any atom is -0.457 e. The van der Waals surface area contributed by atoms with Crippen LogP contribution < -0.4 is 4.74 Å². The van der Waals surface area contributed by atoms with Crippen molar-refractivity contribution in [3.63, 3.8) is 0 Å². The van der Waals surface area contributed by atoms with Crippen LogP contribution in [0.3, 0.4) is 0 Å². The molecule has 0 amide bonds. The fourth-order valence-electron chi connectivity index (χ4n) is 1.97. The zero-order valence-corrected chi connectivity index (χ0v) is 11.8. The largest absolute Gasteiger partial charge is 0.457 e. The maximum atomic E-state index is 9.81. The first-order valence-electron chi connectivity index (χ1n) is 6.48. The van der Waals surface area contributed by atoms with Crippen LogP contribution in [0.5, 0.6) is 11.5 Å². The van der Waals surface area contributed by atoms with Gasteiger partial charge in [-0.3, -0.25) is 0 Å². The summed E-state index contributed by atoms with van der Waals surface area (Å²) in [5.41, 5.74) is 3.29. The SMILES string of the molecule is Cc1ccc(C)c(Oc2cc(C#N)ccc2C(C)O)c1. The normalized spacial score (nSPS) is 11.8. The third kappa shape index (κ3) is 2.98. The average Bonchev–Trinajstić information content (AvgIpc) is 2.42. The first-order valence-corrected chi connectivity index (χ1v) is 6.48. The first-order chi connectivity index (χ1) is 9.51. The summed E-state index contributed by atoms with van der Waals surface area (Å²) in [6.07, 6.45) is -0.650. The second-order valence-electron chi connectivity index (χ2n) is 4.91. The average molecular weight is 267 g/mol. The molecule has 0 radical (unpaired) electrons. The van der Waals surface area contributed by atoms with E-state index in [0.717, 1.165) is 16.9 Å². The molecule has 0 fully saturated rings. The summed E-state index contributed by atoms with van der Waals surface area (Å²) >= 11 is 0. The van der Waals surface area contributed by atoms with E-state index in [4.69, 9.17) is 10.00 Å². The van der Waals surface area contributed by atoms with E-state index in [0.29, 0.717) is 16.9 Å². The van der Waals surface area contributed by atoms with Gasteiger partial charge in [0.25, 0.3) is 0 Å². The molecule has 1 N–H and O–H groups in total. The number of benzene rings is 2. The monoisotopic (exact) mass is 267 g/mol. The van der Waals surface area contributed by atoms with Crippen molar-refractivity contribution in [2.24, 2.45) is 0 Å². The number of aryl methyl sites for hydroxylation is 2. The Balaban J connectivity index is 2.46. The molecular formula is C17H17NO2. The topological polar surface area (TPSA) is 53.2 Å². The van der Waals surface area contributed by atoms with Gasteiger partial charge in [0.1, 0.15) is 11.5 Å². The van der Waals surface area contributed by atoms with Crippen LogP contribution in [0.1, 0.15) is 35.3 Å². The fraction of sp³-hybridized carbons (Fsp3) is 0.235. The van der Waals surface area contributed by atoms with Gasteiger partial charge in [-0.05, 0) is 50.1 Å². The number of rotatable bonds is 3. The van der Waals surface area contributed by atoms with Crippen LogP contribution in [0.25, 0.3) is 0 Å². The van der Waals surface area contributed by atoms with E-state index in [-0.39, 0.29) is 0 Å². The second-order valence-corrected chi connectivity index (χ2v) is 4.91. The number of ether oxygens (including phenoxy) is 1. The summed E-state index contributed by atoms with van der Waals surface area (Å²) in [7, 11) is 0. The van der Waals surface area contributed by atoms with E-state index in [1.807, 2.05) is 32.0 Å². The van der Waals surface area contributed by atoms with Crippen molar-refractivity contribution in [3.05, 3.63) is 58.7 Å². The summed E-state index contributed by atoms with van der Waals surface area (Å²) in [4.78, 5) is 0. The van der Waals surface area contributed by atoms with Crippen molar-refractivity contribution in [2.45, 2.75) is 26.9 Å². The Hall–Kier alpha value is -2.31. The Morgan fingerprint density at radius 2 is 1.85 bits per heavy atom. The van der Waals surface area contributed by atoms with Crippen LogP contribution in [0.15, 0.2) is 36.4 Å². The van der Waals surface area contributed by atoms with Crippen LogP contribution in [0.4, 0.5) is 0 Å². The zero-order chi connectivity index (χ0) is 14.7. The third-order valence-corrected chi connectivity index (χ3v) is 3.16. The highest BCUT2D eigenvalue weighted by Gasteiger charge is 2.12. The second kappa shape index (κ2) is 5.77. The molecule has 20 heavy (non-hydrogen) atoms. The van der Waals surface area contributed by atoms with Crippen molar-refractivity contribution >= 4 is 0 Å². The summed E-state index contributed by atoms with van der Waals surface area (Å²) in [6.45, 7) is 5.63.